The van der Waals surface area contributed by atoms with E-state index in [0.29, 0.717) is 38.3 Å². The van der Waals surface area contributed by atoms with Gasteiger partial charge >= 0.3 is 0 Å². The van der Waals surface area contributed by atoms with Crippen molar-refractivity contribution in [2.45, 2.75) is 0 Å². The molecule has 0 atom stereocenters. The number of rotatable bonds is 3. The van der Waals surface area contributed by atoms with Crippen LogP contribution >= 0.6 is 35.4 Å². The van der Waals surface area contributed by atoms with E-state index >= 15 is 0 Å². The first-order chi connectivity index (χ1) is 13.5. The Balaban J connectivity index is 1.52. The summed E-state index contributed by atoms with van der Waals surface area (Å²) in [5.41, 5.74) is 2.57. The average Bonchev–Trinajstić information content (AvgIpc) is 3.33. The molecule has 6 nitrogen and oxygen atoms in total. The number of amides is 1. The number of thiocarbonyl (C=S) groups is 1. The third kappa shape index (κ3) is 3.87. The summed E-state index contributed by atoms with van der Waals surface area (Å²) in [6, 6.07) is 13.6. The number of carbonyl (C=O) groups is 1. The molecule has 2 aromatic heterocycles. The molecule has 0 bridgehead atoms. The lowest BCUT2D eigenvalue weighted by atomic mass is 10.2. The second kappa shape index (κ2) is 7.63. The monoisotopic (exact) mass is 431 g/mol. The first-order valence-electron chi connectivity index (χ1n) is 8.01. The first kappa shape index (κ1) is 18.5. The van der Waals surface area contributed by atoms with Crippen molar-refractivity contribution in [1.29, 1.82) is 0 Å². The molecule has 0 saturated heterocycles. The number of halogens is 2. The number of furan rings is 1. The van der Waals surface area contributed by atoms with Crippen molar-refractivity contribution in [2.75, 3.05) is 5.32 Å². The maximum absolute atomic E-state index is 12.0. The molecule has 0 unspecified atom stereocenters. The van der Waals surface area contributed by atoms with Gasteiger partial charge in [0, 0.05) is 11.3 Å². The second-order valence-electron chi connectivity index (χ2n) is 5.72. The predicted molar refractivity (Wildman–Crippen MR) is 112 cm³/mol. The van der Waals surface area contributed by atoms with Crippen LogP contribution in [0.5, 0.6) is 0 Å². The number of aromatic nitrogens is 1. The van der Waals surface area contributed by atoms with E-state index in [0.717, 1.165) is 0 Å². The van der Waals surface area contributed by atoms with Crippen LogP contribution in [-0.2, 0) is 0 Å². The molecule has 9 heteroatoms. The van der Waals surface area contributed by atoms with E-state index in [2.05, 4.69) is 15.6 Å². The van der Waals surface area contributed by atoms with E-state index in [1.165, 1.54) is 6.26 Å². The molecule has 0 radical (unpaired) electrons. The van der Waals surface area contributed by atoms with Crippen LogP contribution in [0.2, 0.25) is 10.0 Å². The van der Waals surface area contributed by atoms with E-state index in [9.17, 15) is 4.79 Å². The van der Waals surface area contributed by atoms with Crippen LogP contribution in [-0.4, -0.2) is 16.0 Å². The van der Waals surface area contributed by atoms with Gasteiger partial charge in [0.25, 0.3) is 5.91 Å². The maximum atomic E-state index is 12.0. The topological polar surface area (TPSA) is 80.3 Å². The summed E-state index contributed by atoms with van der Waals surface area (Å²) in [6.45, 7) is 0. The Morgan fingerprint density at radius 3 is 2.68 bits per heavy atom. The largest absolute Gasteiger partial charge is 0.459 e. The molecular formula is C19H11Cl2N3O3S. The molecule has 4 aromatic rings. The normalized spacial score (nSPS) is 10.8. The summed E-state index contributed by atoms with van der Waals surface area (Å²) in [4.78, 5) is 16.4. The predicted octanol–water partition coefficient (Wildman–Crippen LogP) is 5.52. The molecular weight excluding hydrogens is 421 g/mol. The SMILES string of the molecule is O=C(NC(=S)Nc1ccc2oc(-c3ccc(Cl)c(Cl)c3)nc2c1)c1ccco1. The zero-order chi connectivity index (χ0) is 19.7. The van der Waals surface area contributed by atoms with Crippen LogP contribution in [0.4, 0.5) is 5.69 Å². The smallest absolute Gasteiger partial charge is 0.293 e. The van der Waals surface area contributed by atoms with Crippen LogP contribution in [0, 0.1) is 0 Å². The van der Waals surface area contributed by atoms with E-state index in [1.54, 1.807) is 48.5 Å². The Labute approximate surface area is 174 Å². The molecule has 2 heterocycles. The minimum absolute atomic E-state index is 0.133. The Kier molecular flexibility index (Phi) is 5.04. The maximum Gasteiger partial charge on any atom is 0.293 e. The van der Waals surface area contributed by atoms with Gasteiger partial charge in [0.1, 0.15) is 5.52 Å². The summed E-state index contributed by atoms with van der Waals surface area (Å²) >= 11 is 17.2. The highest BCUT2D eigenvalue weighted by atomic mass is 35.5. The molecule has 0 aliphatic carbocycles. The molecule has 28 heavy (non-hydrogen) atoms. The number of carbonyl (C=O) groups excluding carboxylic acids is 1. The summed E-state index contributed by atoms with van der Waals surface area (Å²) in [7, 11) is 0. The summed E-state index contributed by atoms with van der Waals surface area (Å²) in [5, 5.41) is 6.48. The number of oxazole rings is 1. The molecule has 140 valence electrons. The fraction of sp³-hybridized carbons (Fsp3) is 0. The van der Waals surface area contributed by atoms with Crippen molar-refractivity contribution in [3.63, 3.8) is 0 Å². The number of nitrogens with zero attached hydrogens (tertiary/aromatic N) is 1. The molecule has 0 fully saturated rings. The van der Waals surface area contributed by atoms with Gasteiger partial charge in [-0.15, -0.1) is 0 Å². The molecule has 4 rings (SSSR count). The number of hydrogen-bond donors (Lipinski definition) is 2. The quantitative estimate of drug-likeness (QED) is 0.415. The zero-order valence-electron chi connectivity index (χ0n) is 14.0. The molecule has 2 aromatic carbocycles. The molecule has 1 amide bonds. The summed E-state index contributed by atoms with van der Waals surface area (Å²) in [6.07, 6.45) is 1.41. The number of fused-ring (bicyclic) bond motifs is 1. The second-order valence-corrected chi connectivity index (χ2v) is 6.94. The minimum Gasteiger partial charge on any atom is -0.459 e. The average molecular weight is 432 g/mol. The Bertz CT molecular complexity index is 1190. The van der Waals surface area contributed by atoms with Crippen molar-refractivity contribution in [3.8, 4) is 11.5 Å². The Morgan fingerprint density at radius 2 is 1.93 bits per heavy atom. The van der Waals surface area contributed by atoms with Gasteiger partial charge in [0.05, 0.1) is 16.3 Å². The van der Waals surface area contributed by atoms with Crippen LogP contribution < -0.4 is 10.6 Å². The highest BCUT2D eigenvalue weighted by molar-refractivity contribution is 7.80. The third-order valence-electron chi connectivity index (χ3n) is 3.78. The fourth-order valence-electron chi connectivity index (χ4n) is 2.49. The number of nitrogens with one attached hydrogen (secondary N) is 2. The van der Waals surface area contributed by atoms with Crippen molar-refractivity contribution >= 4 is 63.2 Å². The van der Waals surface area contributed by atoms with Gasteiger partial charge < -0.3 is 14.2 Å². The van der Waals surface area contributed by atoms with Crippen molar-refractivity contribution < 1.29 is 13.6 Å². The fourth-order valence-corrected chi connectivity index (χ4v) is 3.00. The van der Waals surface area contributed by atoms with Gasteiger partial charge in [0.2, 0.25) is 5.89 Å². The number of anilines is 1. The van der Waals surface area contributed by atoms with Gasteiger partial charge in [-0.2, -0.15) is 0 Å². The van der Waals surface area contributed by atoms with Crippen LogP contribution in [0.25, 0.3) is 22.6 Å². The summed E-state index contributed by atoms with van der Waals surface area (Å²) in [5.74, 6) is 0.147. The molecule has 2 N–H and O–H groups in total. The highest BCUT2D eigenvalue weighted by Gasteiger charge is 2.13. The number of benzene rings is 2. The van der Waals surface area contributed by atoms with Gasteiger partial charge in [-0.3, -0.25) is 10.1 Å². The minimum atomic E-state index is -0.438. The standard InChI is InChI=1S/C19H11Cl2N3O3S/c20-12-5-3-10(8-13(12)21)18-23-14-9-11(4-6-15(14)27-18)22-19(28)24-17(25)16-2-1-7-26-16/h1-9H,(H2,22,24,25,28). The van der Waals surface area contributed by atoms with Crippen LogP contribution in [0.1, 0.15) is 10.6 Å². The van der Waals surface area contributed by atoms with Crippen LogP contribution in [0.3, 0.4) is 0 Å². The molecule has 0 aliphatic rings. The lowest BCUT2D eigenvalue weighted by Gasteiger charge is -2.08. The van der Waals surface area contributed by atoms with E-state index in [1.807, 2.05) is 0 Å². The van der Waals surface area contributed by atoms with Gasteiger partial charge in [0.15, 0.2) is 16.5 Å². The highest BCUT2D eigenvalue weighted by Crippen LogP contribution is 2.30. The van der Waals surface area contributed by atoms with E-state index in [4.69, 9.17) is 44.3 Å². The zero-order valence-corrected chi connectivity index (χ0v) is 16.4. The Morgan fingerprint density at radius 1 is 1.07 bits per heavy atom. The summed E-state index contributed by atoms with van der Waals surface area (Å²) < 4.78 is 10.8. The van der Waals surface area contributed by atoms with Crippen molar-refractivity contribution in [1.82, 2.24) is 10.3 Å². The van der Waals surface area contributed by atoms with Gasteiger partial charge in [-0.1, -0.05) is 23.2 Å². The van der Waals surface area contributed by atoms with Crippen molar-refractivity contribution in [3.05, 3.63) is 70.6 Å². The third-order valence-corrected chi connectivity index (χ3v) is 4.73. The van der Waals surface area contributed by atoms with Gasteiger partial charge in [-0.25, -0.2) is 4.98 Å². The molecule has 0 spiro atoms. The van der Waals surface area contributed by atoms with E-state index in [-0.39, 0.29) is 10.9 Å². The van der Waals surface area contributed by atoms with E-state index < -0.39 is 5.91 Å². The van der Waals surface area contributed by atoms with Crippen LogP contribution in [0.15, 0.2) is 63.6 Å². The lowest BCUT2D eigenvalue weighted by Crippen LogP contribution is -2.33. The van der Waals surface area contributed by atoms with Gasteiger partial charge in [-0.05, 0) is 60.7 Å². The van der Waals surface area contributed by atoms with Crippen molar-refractivity contribution in [2.24, 2.45) is 0 Å². The Hall–Kier alpha value is -2.87. The molecule has 0 saturated carbocycles. The number of hydrogen-bond acceptors (Lipinski definition) is 5. The molecule has 0 aliphatic heterocycles. The first-order valence-corrected chi connectivity index (χ1v) is 9.18. The lowest BCUT2D eigenvalue weighted by molar-refractivity contribution is 0.0950.